The number of nitrogens with zero attached hydrogens (tertiary/aromatic N) is 1. The number of ether oxygens (including phenoxy) is 3. The van der Waals surface area contributed by atoms with Crippen LogP contribution in [0.5, 0.6) is 17.2 Å². The quantitative estimate of drug-likeness (QED) is 0.672. The van der Waals surface area contributed by atoms with Crippen molar-refractivity contribution in [3.8, 4) is 17.2 Å². The molecule has 0 saturated carbocycles. The van der Waals surface area contributed by atoms with Crippen LogP contribution in [0.1, 0.15) is 16.1 Å². The fourth-order valence-corrected chi connectivity index (χ4v) is 3.66. The number of amides is 1. The highest BCUT2D eigenvalue weighted by Crippen LogP contribution is 2.31. The average Bonchev–Trinajstić information content (AvgIpc) is 3.15. The van der Waals surface area contributed by atoms with Crippen LogP contribution in [0.4, 0.5) is 0 Å². The van der Waals surface area contributed by atoms with E-state index in [1.54, 1.807) is 14.2 Å². The lowest BCUT2D eigenvalue weighted by Crippen LogP contribution is -3.12. The molecule has 1 aliphatic rings. The Kier molecular flexibility index (Phi) is 5.81. The molecule has 0 unspecified atom stereocenters. The molecule has 1 N–H and O–H groups in total. The standard InChI is InChI=1S/C23H26N2O5/c1-24-10-12-25(13-11-24)23(26)22-19-14-18(28-3)8-9-20(19)30-21(22)15-29-17-6-4-16(27-2)5-7-17/h4-9,14H,10-13,15H2,1-3H3/p+1. The predicted molar refractivity (Wildman–Crippen MR) is 113 cm³/mol. The molecule has 4 rings (SSSR count). The second kappa shape index (κ2) is 8.67. The minimum Gasteiger partial charge on any atom is -0.497 e. The van der Waals surface area contributed by atoms with Crippen LogP contribution >= 0.6 is 0 Å². The summed E-state index contributed by atoms with van der Waals surface area (Å²) in [6, 6.07) is 12.8. The summed E-state index contributed by atoms with van der Waals surface area (Å²) in [5.74, 6) is 2.61. The van der Waals surface area contributed by atoms with Crippen LogP contribution in [0, 0.1) is 0 Å². The number of rotatable bonds is 6. The molecule has 1 fully saturated rings. The number of methoxy groups -OCH3 is 2. The van der Waals surface area contributed by atoms with Crippen molar-refractivity contribution in [2.75, 3.05) is 47.4 Å². The zero-order valence-electron chi connectivity index (χ0n) is 17.6. The number of nitrogens with one attached hydrogen (secondary N) is 1. The van der Waals surface area contributed by atoms with E-state index in [1.807, 2.05) is 47.4 Å². The first-order valence-electron chi connectivity index (χ1n) is 10.1. The first kappa shape index (κ1) is 20.1. The monoisotopic (exact) mass is 411 g/mol. The molecule has 1 amide bonds. The number of fused-ring (bicyclic) bond motifs is 1. The van der Waals surface area contributed by atoms with Crippen LogP contribution in [0.3, 0.4) is 0 Å². The Morgan fingerprint density at radius 1 is 1.00 bits per heavy atom. The van der Waals surface area contributed by atoms with Crippen molar-refractivity contribution in [3.63, 3.8) is 0 Å². The van der Waals surface area contributed by atoms with E-state index in [2.05, 4.69) is 7.05 Å². The van der Waals surface area contributed by atoms with Crippen LogP contribution in [0.2, 0.25) is 0 Å². The number of furan rings is 1. The molecule has 3 aromatic rings. The molecule has 0 aliphatic carbocycles. The van der Waals surface area contributed by atoms with E-state index in [1.165, 1.54) is 4.90 Å². The smallest absolute Gasteiger partial charge is 0.258 e. The van der Waals surface area contributed by atoms with Crippen molar-refractivity contribution in [2.24, 2.45) is 0 Å². The maximum Gasteiger partial charge on any atom is 0.258 e. The minimum absolute atomic E-state index is 0.0252. The van der Waals surface area contributed by atoms with Crippen molar-refractivity contribution in [2.45, 2.75) is 6.61 Å². The van der Waals surface area contributed by atoms with Gasteiger partial charge in [-0.1, -0.05) is 0 Å². The van der Waals surface area contributed by atoms with Crippen LogP contribution in [-0.2, 0) is 6.61 Å². The molecule has 30 heavy (non-hydrogen) atoms. The third-order valence-corrected chi connectivity index (χ3v) is 5.52. The Balaban J connectivity index is 1.65. The zero-order chi connectivity index (χ0) is 21.1. The number of likely N-dealkylation sites (N-methyl/N-ethyl adjacent to an activating group) is 1. The predicted octanol–water partition coefficient (Wildman–Crippen LogP) is 2.00. The van der Waals surface area contributed by atoms with E-state index in [9.17, 15) is 4.79 Å². The maximum absolute atomic E-state index is 13.4. The third kappa shape index (κ3) is 4.07. The highest BCUT2D eigenvalue weighted by molar-refractivity contribution is 6.07. The summed E-state index contributed by atoms with van der Waals surface area (Å²) in [5, 5.41) is 0.749. The van der Waals surface area contributed by atoms with Crippen molar-refractivity contribution in [1.82, 2.24) is 4.90 Å². The molecule has 7 nitrogen and oxygen atoms in total. The molecule has 0 radical (unpaired) electrons. The molecule has 158 valence electrons. The fraction of sp³-hybridized carbons (Fsp3) is 0.348. The lowest BCUT2D eigenvalue weighted by molar-refractivity contribution is -0.883. The average molecular weight is 411 g/mol. The van der Waals surface area contributed by atoms with Crippen LogP contribution in [0.25, 0.3) is 11.0 Å². The summed E-state index contributed by atoms with van der Waals surface area (Å²) < 4.78 is 22.5. The van der Waals surface area contributed by atoms with Crippen LogP contribution < -0.4 is 19.1 Å². The van der Waals surface area contributed by atoms with Gasteiger partial charge in [-0.05, 0) is 42.5 Å². The van der Waals surface area contributed by atoms with Crippen LogP contribution in [0.15, 0.2) is 46.9 Å². The number of piperazine rings is 1. The molecular formula is C23H27N2O5+. The Morgan fingerprint density at radius 3 is 2.30 bits per heavy atom. The molecule has 1 aromatic heterocycles. The number of quaternary nitrogens is 1. The van der Waals surface area contributed by atoms with E-state index in [0.29, 0.717) is 28.4 Å². The van der Waals surface area contributed by atoms with Gasteiger partial charge in [0.05, 0.1) is 53.0 Å². The lowest BCUT2D eigenvalue weighted by Gasteiger charge is -2.30. The van der Waals surface area contributed by atoms with Gasteiger partial charge in [-0.15, -0.1) is 0 Å². The summed E-state index contributed by atoms with van der Waals surface area (Å²) in [6.07, 6.45) is 0. The zero-order valence-corrected chi connectivity index (χ0v) is 17.6. The van der Waals surface area contributed by atoms with Gasteiger partial charge < -0.3 is 28.4 Å². The number of benzene rings is 2. The summed E-state index contributed by atoms with van der Waals surface area (Å²) >= 11 is 0. The third-order valence-electron chi connectivity index (χ3n) is 5.52. The largest absolute Gasteiger partial charge is 0.497 e. The highest BCUT2D eigenvalue weighted by Gasteiger charge is 2.29. The molecule has 0 spiro atoms. The molecule has 1 saturated heterocycles. The lowest BCUT2D eigenvalue weighted by atomic mass is 10.1. The normalized spacial score (nSPS) is 14.7. The van der Waals surface area contributed by atoms with E-state index in [4.69, 9.17) is 18.6 Å². The Labute approximate surface area is 175 Å². The van der Waals surface area contributed by atoms with Gasteiger partial charge in [0, 0.05) is 5.39 Å². The first-order valence-corrected chi connectivity index (χ1v) is 10.1. The topological polar surface area (TPSA) is 65.6 Å². The van der Waals surface area contributed by atoms with Gasteiger partial charge in [-0.3, -0.25) is 4.79 Å². The molecular weight excluding hydrogens is 384 g/mol. The molecule has 0 atom stereocenters. The Hall–Kier alpha value is -3.19. The Morgan fingerprint density at radius 2 is 1.63 bits per heavy atom. The molecule has 2 heterocycles. The van der Waals surface area contributed by atoms with E-state index in [-0.39, 0.29) is 12.5 Å². The van der Waals surface area contributed by atoms with Crippen molar-refractivity contribution in [3.05, 3.63) is 53.8 Å². The summed E-state index contributed by atoms with van der Waals surface area (Å²) in [5.41, 5.74) is 1.20. The van der Waals surface area contributed by atoms with Gasteiger partial charge in [0.25, 0.3) is 5.91 Å². The second-order valence-corrected chi connectivity index (χ2v) is 7.48. The van der Waals surface area contributed by atoms with E-state index < -0.39 is 0 Å². The highest BCUT2D eigenvalue weighted by atomic mass is 16.5. The van der Waals surface area contributed by atoms with Crippen molar-refractivity contribution < 1.29 is 28.3 Å². The second-order valence-electron chi connectivity index (χ2n) is 7.48. The SMILES string of the molecule is COc1ccc(OCc2oc3ccc(OC)cc3c2C(=O)N2CC[NH+](C)CC2)cc1. The van der Waals surface area contributed by atoms with Gasteiger partial charge in [0.1, 0.15) is 29.4 Å². The minimum atomic E-state index is -0.0252. The molecule has 0 bridgehead atoms. The van der Waals surface area contributed by atoms with Gasteiger partial charge in [0.2, 0.25) is 0 Å². The van der Waals surface area contributed by atoms with Crippen molar-refractivity contribution in [1.29, 1.82) is 0 Å². The molecule has 1 aliphatic heterocycles. The summed E-state index contributed by atoms with van der Waals surface area (Å²) in [7, 11) is 5.38. The molecule has 2 aromatic carbocycles. The number of hydrogen-bond donors (Lipinski definition) is 1. The number of hydrogen-bond acceptors (Lipinski definition) is 5. The summed E-state index contributed by atoms with van der Waals surface area (Å²) in [4.78, 5) is 16.8. The molecule has 7 heteroatoms. The fourth-order valence-electron chi connectivity index (χ4n) is 3.66. The maximum atomic E-state index is 13.4. The van der Waals surface area contributed by atoms with Crippen LogP contribution in [-0.4, -0.2) is 58.3 Å². The summed E-state index contributed by atoms with van der Waals surface area (Å²) in [6.45, 7) is 3.47. The van der Waals surface area contributed by atoms with Gasteiger partial charge in [0.15, 0.2) is 5.76 Å². The van der Waals surface area contributed by atoms with E-state index in [0.717, 1.165) is 37.3 Å². The number of carbonyl (C=O) groups is 1. The Bertz CT molecular complexity index is 1020. The van der Waals surface area contributed by atoms with Crippen molar-refractivity contribution >= 4 is 16.9 Å². The van der Waals surface area contributed by atoms with Gasteiger partial charge in [-0.2, -0.15) is 0 Å². The van der Waals surface area contributed by atoms with E-state index >= 15 is 0 Å². The number of carbonyl (C=O) groups excluding carboxylic acids is 1. The van der Waals surface area contributed by atoms with Gasteiger partial charge in [-0.25, -0.2) is 0 Å². The first-order chi connectivity index (χ1) is 14.6. The van der Waals surface area contributed by atoms with Gasteiger partial charge >= 0.3 is 0 Å².